The summed E-state index contributed by atoms with van der Waals surface area (Å²) in [6, 6.07) is 9.17. The molecule has 1 amide bonds. The van der Waals surface area contributed by atoms with Gasteiger partial charge in [0.05, 0.1) is 16.1 Å². The Balaban J connectivity index is 1.54. The smallest absolute Gasteiger partial charge is 0.254 e. The zero-order valence-electron chi connectivity index (χ0n) is 11.9. The molecule has 1 aliphatic rings. The fourth-order valence-corrected chi connectivity index (χ4v) is 4.37. The van der Waals surface area contributed by atoms with Crippen molar-refractivity contribution in [2.24, 2.45) is 5.92 Å². The molecule has 0 spiro atoms. The molecule has 0 radical (unpaired) electrons. The number of amides is 1. The Labute approximate surface area is 139 Å². The molecule has 0 saturated heterocycles. The highest BCUT2D eigenvalue weighted by atomic mass is 32.2. The van der Waals surface area contributed by atoms with Gasteiger partial charge in [-0.2, -0.15) is 0 Å². The van der Waals surface area contributed by atoms with Crippen LogP contribution in [0.2, 0.25) is 0 Å². The van der Waals surface area contributed by atoms with Crippen molar-refractivity contribution >= 4 is 44.4 Å². The van der Waals surface area contributed by atoms with Crippen molar-refractivity contribution in [3.63, 3.8) is 0 Å². The van der Waals surface area contributed by atoms with Gasteiger partial charge in [-0.15, -0.1) is 0 Å². The van der Waals surface area contributed by atoms with Gasteiger partial charge in [0.25, 0.3) is 5.56 Å². The molecule has 0 fully saturated rings. The van der Waals surface area contributed by atoms with E-state index in [2.05, 4.69) is 15.3 Å². The molecule has 0 bridgehead atoms. The number of thioether (sulfide) groups is 1. The molecule has 0 aliphatic carbocycles. The molecule has 0 saturated carbocycles. The molecular formula is C15H12N4O2S2. The summed E-state index contributed by atoms with van der Waals surface area (Å²) in [5.74, 6) is 0.215. The Morgan fingerprint density at radius 2 is 2.17 bits per heavy atom. The summed E-state index contributed by atoms with van der Waals surface area (Å²) in [5, 5.41) is 4.13. The Kier molecular flexibility index (Phi) is 3.62. The van der Waals surface area contributed by atoms with E-state index in [4.69, 9.17) is 0 Å². The van der Waals surface area contributed by atoms with Crippen LogP contribution in [-0.4, -0.2) is 26.2 Å². The highest BCUT2D eigenvalue weighted by Gasteiger charge is 2.27. The van der Waals surface area contributed by atoms with Crippen molar-refractivity contribution in [1.82, 2.24) is 14.5 Å². The van der Waals surface area contributed by atoms with Crippen molar-refractivity contribution in [1.29, 1.82) is 0 Å². The van der Waals surface area contributed by atoms with E-state index in [9.17, 15) is 9.59 Å². The van der Waals surface area contributed by atoms with Gasteiger partial charge in [0.15, 0.2) is 10.3 Å². The molecule has 1 aromatic carbocycles. The normalized spacial score (nSPS) is 17.0. The quantitative estimate of drug-likeness (QED) is 0.721. The molecule has 0 unspecified atom stereocenters. The molecule has 116 valence electrons. The number of fused-ring (bicyclic) bond motifs is 2. The molecule has 3 aromatic rings. The Hall–Kier alpha value is -2.19. The lowest BCUT2D eigenvalue weighted by molar-refractivity contribution is -0.119. The third-order valence-corrected chi connectivity index (χ3v) is 5.72. The van der Waals surface area contributed by atoms with Gasteiger partial charge in [-0.3, -0.25) is 14.2 Å². The number of aromatic nitrogens is 3. The summed E-state index contributed by atoms with van der Waals surface area (Å²) in [5.41, 5.74) is 0.747. The lowest BCUT2D eigenvalue weighted by Crippen LogP contribution is -2.36. The van der Waals surface area contributed by atoms with Crippen LogP contribution in [0.1, 0.15) is 0 Å². The average molecular weight is 344 g/mol. The first-order valence-corrected chi connectivity index (χ1v) is 8.86. The maximum absolute atomic E-state index is 12.5. The first-order chi connectivity index (χ1) is 11.2. The van der Waals surface area contributed by atoms with Gasteiger partial charge in [0.2, 0.25) is 5.91 Å². The molecule has 1 N–H and O–H groups in total. The molecule has 1 atom stereocenters. The van der Waals surface area contributed by atoms with Crippen molar-refractivity contribution < 1.29 is 4.79 Å². The standard InChI is InChI=1S/C15H12N4O2S2/c20-12-5-6-16-15-19(12)7-9(8-22-15)13(21)18-14-17-10-3-1-2-4-11(10)23-14/h1-6,9H,7-8H2,(H,17,18,21)/t9-/m1/s1. The van der Waals surface area contributed by atoms with E-state index in [1.54, 1.807) is 4.57 Å². The molecule has 3 heterocycles. The summed E-state index contributed by atoms with van der Waals surface area (Å²) in [4.78, 5) is 32.9. The maximum Gasteiger partial charge on any atom is 0.254 e. The van der Waals surface area contributed by atoms with Gasteiger partial charge >= 0.3 is 0 Å². The number of carbonyl (C=O) groups excluding carboxylic acids is 1. The second-order valence-corrected chi connectivity index (χ2v) is 7.18. The van der Waals surface area contributed by atoms with Crippen molar-refractivity contribution in [2.75, 3.05) is 11.1 Å². The Morgan fingerprint density at radius 3 is 3.04 bits per heavy atom. The van der Waals surface area contributed by atoms with Crippen molar-refractivity contribution in [2.45, 2.75) is 11.7 Å². The number of hydrogen-bond acceptors (Lipinski definition) is 6. The van der Waals surface area contributed by atoms with E-state index in [0.717, 1.165) is 10.2 Å². The predicted molar refractivity (Wildman–Crippen MR) is 91.0 cm³/mol. The summed E-state index contributed by atoms with van der Waals surface area (Å²) < 4.78 is 2.59. The van der Waals surface area contributed by atoms with Crippen LogP contribution in [0.3, 0.4) is 0 Å². The molecule has 6 nitrogen and oxygen atoms in total. The minimum atomic E-state index is -0.276. The van der Waals surface area contributed by atoms with Gasteiger partial charge < -0.3 is 5.32 Å². The Morgan fingerprint density at radius 1 is 1.30 bits per heavy atom. The minimum Gasteiger partial charge on any atom is -0.302 e. The van der Waals surface area contributed by atoms with Crippen molar-refractivity contribution in [3.8, 4) is 0 Å². The molecule has 23 heavy (non-hydrogen) atoms. The van der Waals surface area contributed by atoms with Gasteiger partial charge in [0, 0.05) is 24.6 Å². The number of carbonyl (C=O) groups is 1. The molecular weight excluding hydrogens is 332 g/mol. The van der Waals surface area contributed by atoms with Gasteiger partial charge in [-0.1, -0.05) is 35.2 Å². The van der Waals surface area contributed by atoms with Gasteiger partial charge in [-0.05, 0) is 12.1 Å². The van der Waals surface area contributed by atoms with Crippen LogP contribution in [0.5, 0.6) is 0 Å². The van der Waals surface area contributed by atoms with Crippen LogP contribution < -0.4 is 10.9 Å². The molecule has 1 aliphatic heterocycles. The number of para-hydroxylation sites is 1. The fraction of sp³-hybridized carbons (Fsp3) is 0.200. The summed E-state index contributed by atoms with van der Waals surface area (Å²) in [7, 11) is 0. The van der Waals surface area contributed by atoms with Crippen LogP contribution in [0.4, 0.5) is 5.13 Å². The number of benzene rings is 1. The second-order valence-electron chi connectivity index (χ2n) is 5.16. The van der Waals surface area contributed by atoms with E-state index in [-0.39, 0.29) is 17.4 Å². The summed E-state index contributed by atoms with van der Waals surface area (Å²) >= 11 is 2.88. The fourth-order valence-electron chi connectivity index (χ4n) is 2.44. The van der Waals surface area contributed by atoms with Crippen LogP contribution >= 0.6 is 23.1 Å². The summed E-state index contributed by atoms with van der Waals surface area (Å²) in [6.07, 6.45) is 1.50. The lowest BCUT2D eigenvalue weighted by atomic mass is 10.1. The SMILES string of the molecule is O=C(Nc1nc2ccccc2s1)[C@H]1CSc2nccc(=O)n2C1. The highest BCUT2D eigenvalue weighted by Crippen LogP contribution is 2.28. The van der Waals surface area contributed by atoms with E-state index in [1.165, 1.54) is 35.4 Å². The monoisotopic (exact) mass is 344 g/mol. The van der Waals surface area contributed by atoms with Crippen LogP contribution in [0, 0.1) is 5.92 Å². The van der Waals surface area contributed by atoms with Gasteiger partial charge in [-0.25, -0.2) is 9.97 Å². The summed E-state index contributed by atoms with van der Waals surface area (Å²) in [6.45, 7) is 0.353. The van der Waals surface area contributed by atoms with E-state index >= 15 is 0 Å². The van der Waals surface area contributed by atoms with E-state index < -0.39 is 0 Å². The molecule has 4 rings (SSSR count). The maximum atomic E-state index is 12.5. The highest BCUT2D eigenvalue weighted by molar-refractivity contribution is 7.99. The lowest BCUT2D eigenvalue weighted by Gasteiger charge is -2.23. The number of nitrogens with one attached hydrogen (secondary N) is 1. The minimum absolute atomic E-state index is 0.113. The third kappa shape index (κ3) is 2.75. The van der Waals surface area contributed by atoms with E-state index in [0.29, 0.717) is 22.6 Å². The third-order valence-electron chi connectivity index (χ3n) is 3.61. The van der Waals surface area contributed by atoms with Crippen LogP contribution in [0.15, 0.2) is 46.5 Å². The second kappa shape index (κ2) is 5.78. The number of thiazole rings is 1. The molecule has 8 heteroatoms. The Bertz CT molecular complexity index is 917. The number of nitrogens with zero attached hydrogens (tertiary/aromatic N) is 3. The topological polar surface area (TPSA) is 76.9 Å². The first-order valence-electron chi connectivity index (χ1n) is 7.06. The zero-order chi connectivity index (χ0) is 15.8. The predicted octanol–water partition coefficient (Wildman–Crippen LogP) is 2.21. The largest absolute Gasteiger partial charge is 0.302 e. The van der Waals surface area contributed by atoms with Crippen LogP contribution in [-0.2, 0) is 11.3 Å². The molecule has 2 aromatic heterocycles. The number of rotatable bonds is 2. The number of hydrogen-bond donors (Lipinski definition) is 1. The van der Waals surface area contributed by atoms with Gasteiger partial charge in [0.1, 0.15) is 0 Å². The van der Waals surface area contributed by atoms with Crippen molar-refractivity contribution in [3.05, 3.63) is 46.9 Å². The zero-order valence-corrected chi connectivity index (χ0v) is 13.6. The van der Waals surface area contributed by atoms with Crippen LogP contribution in [0.25, 0.3) is 10.2 Å². The first kappa shape index (κ1) is 14.4. The number of anilines is 1. The average Bonchev–Trinajstić information content (AvgIpc) is 2.97. The van der Waals surface area contributed by atoms with E-state index in [1.807, 2.05) is 24.3 Å².